The maximum absolute atomic E-state index is 13.2. The quantitative estimate of drug-likeness (QED) is 0.407. The number of carbonyl (C=O) groups is 2. The van der Waals surface area contributed by atoms with Gasteiger partial charge in [0.05, 0.1) is 30.3 Å². The van der Waals surface area contributed by atoms with E-state index in [2.05, 4.69) is 4.99 Å². The first-order chi connectivity index (χ1) is 16.5. The second-order valence-electron chi connectivity index (χ2n) is 7.58. The Bertz CT molecular complexity index is 1170. The number of rotatable bonds is 9. The summed E-state index contributed by atoms with van der Waals surface area (Å²) in [4.78, 5) is 31.1. The van der Waals surface area contributed by atoms with Crippen molar-refractivity contribution < 1.29 is 28.9 Å². The van der Waals surface area contributed by atoms with Gasteiger partial charge >= 0.3 is 11.9 Å². The predicted molar refractivity (Wildman–Crippen MR) is 128 cm³/mol. The molecule has 0 radical (unpaired) electrons. The number of esters is 1. The number of ether oxygens (including phenoxy) is 3. The SMILES string of the molecule is COCCOC(=O)C1=C(C)N=C2SC=C(CC(=O)O)N2C1c1cccc(Oc2ccccc2)c1. The van der Waals surface area contributed by atoms with Crippen molar-refractivity contribution in [2.75, 3.05) is 20.3 Å². The number of amidine groups is 1. The summed E-state index contributed by atoms with van der Waals surface area (Å²) in [6.45, 7) is 2.12. The fourth-order valence-corrected chi connectivity index (χ4v) is 4.73. The van der Waals surface area contributed by atoms with Crippen LogP contribution in [0.5, 0.6) is 11.5 Å². The van der Waals surface area contributed by atoms with Crippen molar-refractivity contribution in [2.24, 2.45) is 4.99 Å². The first kappa shape index (κ1) is 23.6. The maximum Gasteiger partial charge on any atom is 0.338 e. The van der Waals surface area contributed by atoms with Gasteiger partial charge in [0, 0.05) is 12.8 Å². The zero-order chi connectivity index (χ0) is 24.1. The molecule has 176 valence electrons. The molecule has 0 bridgehead atoms. The average molecular weight is 481 g/mol. The van der Waals surface area contributed by atoms with E-state index >= 15 is 0 Å². The molecule has 2 aliphatic heterocycles. The number of hydrogen-bond acceptors (Lipinski definition) is 8. The topological polar surface area (TPSA) is 97.7 Å². The summed E-state index contributed by atoms with van der Waals surface area (Å²) < 4.78 is 16.4. The number of aliphatic carboxylic acids is 1. The van der Waals surface area contributed by atoms with Gasteiger partial charge < -0.3 is 24.2 Å². The number of methoxy groups -OCH3 is 1. The second kappa shape index (κ2) is 10.6. The summed E-state index contributed by atoms with van der Waals surface area (Å²) in [5.74, 6) is -0.223. The van der Waals surface area contributed by atoms with Crippen molar-refractivity contribution >= 4 is 28.9 Å². The molecule has 0 spiro atoms. The highest BCUT2D eigenvalue weighted by molar-refractivity contribution is 8.16. The summed E-state index contributed by atoms with van der Waals surface area (Å²) in [5, 5.41) is 11.8. The molecule has 2 aromatic rings. The number of thioether (sulfide) groups is 1. The molecule has 0 amide bonds. The standard InChI is InChI=1S/C25H24N2O6S/c1-16-22(24(30)32-12-11-31-2)23(27-18(14-21(28)29)15-34-25(27)26-16)17-7-6-10-20(13-17)33-19-8-4-3-5-9-19/h3-10,13,15,23H,11-12,14H2,1-2H3,(H,28,29). The molecule has 0 aliphatic carbocycles. The Morgan fingerprint density at radius 1 is 1.09 bits per heavy atom. The van der Waals surface area contributed by atoms with Crippen LogP contribution < -0.4 is 4.74 Å². The zero-order valence-corrected chi connectivity index (χ0v) is 19.6. The van der Waals surface area contributed by atoms with Gasteiger partial charge in [0.2, 0.25) is 0 Å². The lowest BCUT2D eigenvalue weighted by molar-refractivity contribution is -0.141. The van der Waals surface area contributed by atoms with E-state index in [1.807, 2.05) is 54.6 Å². The van der Waals surface area contributed by atoms with Crippen LogP contribution in [0, 0.1) is 0 Å². The van der Waals surface area contributed by atoms with Crippen LogP contribution in [0.25, 0.3) is 0 Å². The Labute approximate surface area is 201 Å². The molecule has 4 rings (SSSR count). The highest BCUT2D eigenvalue weighted by atomic mass is 32.2. The van der Waals surface area contributed by atoms with E-state index in [9.17, 15) is 14.7 Å². The fraction of sp³-hybridized carbons (Fsp3) is 0.240. The van der Waals surface area contributed by atoms with Crippen LogP contribution >= 0.6 is 11.8 Å². The maximum atomic E-state index is 13.2. The lowest BCUT2D eigenvalue weighted by Crippen LogP contribution is -2.37. The van der Waals surface area contributed by atoms with Crippen molar-refractivity contribution in [1.29, 1.82) is 0 Å². The Morgan fingerprint density at radius 2 is 1.85 bits per heavy atom. The molecular formula is C25H24N2O6S. The smallest absolute Gasteiger partial charge is 0.338 e. The van der Waals surface area contributed by atoms with Crippen LogP contribution in [0.2, 0.25) is 0 Å². The minimum atomic E-state index is -0.969. The highest BCUT2D eigenvalue weighted by Gasteiger charge is 2.41. The van der Waals surface area contributed by atoms with E-state index in [1.54, 1.807) is 17.2 Å². The van der Waals surface area contributed by atoms with Crippen molar-refractivity contribution in [1.82, 2.24) is 4.90 Å². The molecular weight excluding hydrogens is 456 g/mol. The van der Waals surface area contributed by atoms with Crippen LogP contribution in [-0.2, 0) is 19.1 Å². The van der Waals surface area contributed by atoms with Crippen molar-refractivity contribution in [3.05, 3.63) is 82.5 Å². The summed E-state index contributed by atoms with van der Waals surface area (Å²) in [5.41, 5.74) is 2.16. The summed E-state index contributed by atoms with van der Waals surface area (Å²) in [7, 11) is 1.53. The van der Waals surface area contributed by atoms with E-state index < -0.39 is 18.0 Å². The number of hydrogen-bond donors (Lipinski definition) is 1. The monoisotopic (exact) mass is 480 g/mol. The molecule has 9 heteroatoms. The van der Waals surface area contributed by atoms with Crippen molar-refractivity contribution in [3.63, 3.8) is 0 Å². The van der Waals surface area contributed by atoms with Crippen LogP contribution in [0.4, 0.5) is 0 Å². The minimum Gasteiger partial charge on any atom is -0.481 e. The van der Waals surface area contributed by atoms with Crippen LogP contribution in [0.3, 0.4) is 0 Å². The fourth-order valence-electron chi connectivity index (χ4n) is 3.77. The molecule has 0 aromatic heterocycles. The van der Waals surface area contributed by atoms with Gasteiger partial charge in [0.25, 0.3) is 0 Å². The highest BCUT2D eigenvalue weighted by Crippen LogP contribution is 2.45. The molecule has 1 unspecified atom stereocenters. The van der Waals surface area contributed by atoms with Crippen LogP contribution in [0.1, 0.15) is 24.9 Å². The van der Waals surface area contributed by atoms with E-state index in [1.165, 1.54) is 18.9 Å². The molecule has 2 aliphatic rings. The third-order valence-corrected chi connectivity index (χ3v) is 6.11. The Morgan fingerprint density at radius 3 is 2.59 bits per heavy atom. The van der Waals surface area contributed by atoms with Crippen molar-refractivity contribution in [3.8, 4) is 11.5 Å². The minimum absolute atomic E-state index is 0.0964. The third kappa shape index (κ3) is 5.16. The van der Waals surface area contributed by atoms with Gasteiger partial charge in [0.15, 0.2) is 5.17 Å². The van der Waals surface area contributed by atoms with Gasteiger partial charge in [0.1, 0.15) is 18.1 Å². The van der Waals surface area contributed by atoms with Gasteiger partial charge in [-0.25, -0.2) is 9.79 Å². The zero-order valence-electron chi connectivity index (χ0n) is 18.8. The van der Waals surface area contributed by atoms with Gasteiger partial charge in [-0.3, -0.25) is 4.79 Å². The number of carboxylic acid groups (broad SMARTS) is 1. The van der Waals surface area contributed by atoms with Crippen LogP contribution in [-0.4, -0.2) is 47.4 Å². The number of para-hydroxylation sites is 1. The molecule has 2 aromatic carbocycles. The predicted octanol–water partition coefficient (Wildman–Crippen LogP) is 4.72. The Balaban J connectivity index is 1.74. The molecule has 0 saturated heterocycles. The summed E-state index contributed by atoms with van der Waals surface area (Å²) >= 11 is 1.33. The third-order valence-electron chi connectivity index (χ3n) is 5.23. The average Bonchev–Trinajstić information content (AvgIpc) is 3.20. The molecule has 34 heavy (non-hydrogen) atoms. The van der Waals surface area contributed by atoms with E-state index in [0.717, 1.165) is 5.56 Å². The van der Waals surface area contributed by atoms with E-state index in [4.69, 9.17) is 14.2 Å². The van der Waals surface area contributed by atoms with Gasteiger partial charge in [-0.15, -0.1) is 0 Å². The normalized spacial score (nSPS) is 17.1. The lowest BCUT2D eigenvalue weighted by Gasteiger charge is -2.36. The number of fused-ring (bicyclic) bond motifs is 1. The number of carbonyl (C=O) groups excluding carboxylic acids is 1. The molecule has 8 nitrogen and oxygen atoms in total. The second-order valence-corrected chi connectivity index (χ2v) is 8.42. The first-order valence-electron chi connectivity index (χ1n) is 10.6. The van der Waals surface area contributed by atoms with E-state index in [0.29, 0.717) is 33.6 Å². The Kier molecular flexibility index (Phi) is 7.34. The number of nitrogens with zero attached hydrogens (tertiary/aromatic N) is 2. The number of carboxylic acids is 1. The van der Waals surface area contributed by atoms with Crippen molar-refractivity contribution in [2.45, 2.75) is 19.4 Å². The molecule has 0 saturated carbocycles. The molecule has 1 atom stereocenters. The number of aliphatic imine (C=N–C) groups is 1. The Hall–Kier alpha value is -3.56. The number of benzene rings is 2. The summed E-state index contributed by atoms with van der Waals surface area (Å²) in [6, 6.07) is 16.1. The van der Waals surface area contributed by atoms with E-state index in [-0.39, 0.29) is 19.6 Å². The lowest BCUT2D eigenvalue weighted by atomic mass is 9.93. The molecule has 1 N–H and O–H groups in total. The van der Waals surface area contributed by atoms with Gasteiger partial charge in [-0.1, -0.05) is 42.1 Å². The van der Waals surface area contributed by atoms with Crippen LogP contribution in [0.15, 0.2) is 82.0 Å². The molecule has 0 fully saturated rings. The molecule has 2 heterocycles. The van der Waals surface area contributed by atoms with Gasteiger partial charge in [-0.05, 0) is 42.2 Å². The largest absolute Gasteiger partial charge is 0.481 e. The van der Waals surface area contributed by atoms with Gasteiger partial charge in [-0.2, -0.15) is 0 Å². The first-order valence-corrected chi connectivity index (χ1v) is 11.5. The summed E-state index contributed by atoms with van der Waals surface area (Å²) in [6.07, 6.45) is -0.201. The number of allylic oxidation sites excluding steroid dienone is 1.